The van der Waals surface area contributed by atoms with Crippen molar-refractivity contribution in [2.24, 2.45) is 11.8 Å². The molecule has 1 aliphatic heterocycles. The van der Waals surface area contributed by atoms with Crippen molar-refractivity contribution in [3.63, 3.8) is 0 Å². The van der Waals surface area contributed by atoms with Crippen molar-refractivity contribution in [1.82, 2.24) is 0 Å². The second-order valence-corrected chi connectivity index (χ2v) is 11.0. The number of methoxy groups -OCH3 is 2. The topological polar surface area (TPSA) is 111 Å². The van der Waals surface area contributed by atoms with E-state index >= 15 is 0 Å². The van der Waals surface area contributed by atoms with E-state index < -0.39 is 30.3 Å². The number of carbonyl (C=O) groups excluding carboxylic acids is 4. The third-order valence-electron chi connectivity index (χ3n) is 8.80. The Morgan fingerprint density at radius 1 is 0.727 bits per heavy atom. The van der Waals surface area contributed by atoms with Crippen LogP contribution in [0.5, 0.6) is 11.5 Å². The molecule has 1 N–H and O–H groups in total. The minimum absolute atomic E-state index is 0.110. The van der Waals surface area contributed by atoms with Gasteiger partial charge < -0.3 is 19.5 Å². The number of imide groups is 1. The molecule has 3 aliphatic carbocycles. The molecule has 1 heterocycles. The molecule has 220 valence electrons. The summed E-state index contributed by atoms with van der Waals surface area (Å²) in [7, 11) is 2.97. The van der Waals surface area contributed by atoms with E-state index in [4.69, 9.17) is 14.2 Å². The van der Waals surface area contributed by atoms with Crippen LogP contribution in [-0.2, 0) is 19.1 Å². The summed E-state index contributed by atoms with van der Waals surface area (Å²) in [6.45, 7) is -0.560. The summed E-state index contributed by atoms with van der Waals surface area (Å²) in [5, 5.41) is 2.65. The molecule has 0 unspecified atom stereocenters. The molecule has 3 amide bonds. The number of hydrogen-bond donors (Lipinski definition) is 1. The van der Waals surface area contributed by atoms with Gasteiger partial charge in [-0.3, -0.25) is 14.4 Å². The number of nitrogens with one attached hydrogen (secondary N) is 1. The highest BCUT2D eigenvalue weighted by molar-refractivity contribution is 6.23. The molecule has 4 aromatic rings. The zero-order valence-electron chi connectivity index (χ0n) is 24.0. The van der Waals surface area contributed by atoms with Gasteiger partial charge in [0.25, 0.3) is 5.91 Å². The Bertz CT molecular complexity index is 1740. The lowest BCUT2D eigenvalue weighted by atomic mass is 9.55. The average molecular weight is 589 g/mol. The Morgan fingerprint density at radius 2 is 1.32 bits per heavy atom. The molecule has 44 heavy (non-hydrogen) atoms. The maximum Gasteiger partial charge on any atom is 0.338 e. The molecule has 8 rings (SSSR count). The first kappa shape index (κ1) is 27.4. The lowest BCUT2D eigenvalue weighted by molar-refractivity contribution is -0.122. The first-order valence-electron chi connectivity index (χ1n) is 14.3. The van der Waals surface area contributed by atoms with Crippen LogP contribution in [0.15, 0.2) is 91.0 Å². The van der Waals surface area contributed by atoms with Gasteiger partial charge in [0.05, 0.1) is 43.0 Å². The third-order valence-corrected chi connectivity index (χ3v) is 8.80. The van der Waals surface area contributed by atoms with Crippen LogP contribution < -0.4 is 19.7 Å². The number of rotatable bonds is 7. The van der Waals surface area contributed by atoms with Crippen LogP contribution in [0.25, 0.3) is 0 Å². The van der Waals surface area contributed by atoms with Gasteiger partial charge in [-0.25, -0.2) is 9.69 Å². The normalized spacial score (nSPS) is 20.8. The number of esters is 1. The van der Waals surface area contributed by atoms with E-state index in [1.165, 1.54) is 31.3 Å². The number of anilines is 2. The van der Waals surface area contributed by atoms with E-state index in [2.05, 4.69) is 29.6 Å². The van der Waals surface area contributed by atoms with Crippen LogP contribution in [-0.4, -0.2) is 44.5 Å². The predicted molar refractivity (Wildman–Crippen MR) is 161 cm³/mol. The van der Waals surface area contributed by atoms with Gasteiger partial charge >= 0.3 is 5.97 Å². The van der Waals surface area contributed by atoms with Crippen molar-refractivity contribution >= 4 is 35.1 Å². The molecular weight excluding hydrogens is 560 g/mol. The quantitative estimate of drug-likeness (QED) is 0.242. The van der Waals surface area contributed by atoms with E-state index in [0.717, 1.165) is 22.3 Å². The van der Waals surface area contributed by atoms with Gasteiger partial charge in [0.15, 0.2) is 6.61 Å². The molecule has 0 saturated carbocycles. The number of benzene rings is 4. The lowest BCUT2D eigenvalue weighted by Gasteiger charge is -2.45. The van der Waals surface area contributed by atoms with Crippen molar-refractivity contribution in [2.45, 2.75) is 11.8 Å². The minimum atomic E-state index is -0.768. The van der Waals surface area contributed by atoms with Gasteiger partial charge in [0.1, 0.15) is 11.5 Å². The standard InChI is InChI=1S/C35H28N2O7/c1-42-21-14-15-27(43-2)26(17-21)36-28(38)18-44-35(41)19-8-7-9-20(16-19)37-33(39)31-29-22-10-3-4-11-23(22)30(32(31)34(37)40)25-13-6-5-12-24(25)29/h3-17,29-32H,18H2,1-2H3,(H,36,38)/t29?,30?,31-,32-/m1/s1. The second kappa shape index (κ2) is 10.7. The summed E-state index contributed by atoms with van der Waals surface area (Å²) in [6.07, 6.45) is 0. The van der Waals surface area contributed by atoms with E-state index in [1.807, 2.05) is 24.3 Å². The zero-order chi connectivity index (χ0) is 30.5. The van der Waals surface area contributed by atoms with Crippen LogP contribution in [0.3, 0.4) is 0 Å². The molecule has 0 aromatic heterocycles. The van der Waals surface area contributed by atoms with Gasteiger partial charge in [0, 0.05) is 17.9 Å². The van der Waals surface area contributed by atoms with Gasteiger partial charge in [-0.15, -0.1) is 0 Å². The van der Waals surface area contributed by atoms with Crippen molar-refractivity contribution in [3.8, 4) is 11.5 Å². The minimum Gasteiger partial charge on any atom is -0.497 e. The SMILES string of the molecule is COc1ccc(OC)c(NC(=O)COC(=O)c2cccc(N3C(=O)[C@@H]4C5c6ccccc6C(c6ccccc65)[C@H]4C3=O)c2)c1. The smallest absolute Gasteiger partial charge is 0.338 e. The molecule has 2 bridgehead atoms. The molecule has 1 fully saturated rings. The third kappa shape index (κ3) is 4.23. The molecular formula is C35H28N2O7. The Kier molecular flexibility index (Phi) is 6.65. The fourth-order valence-electron chi connectivity index (χ4n) is 7.02. The largest absolute Gasteiger partial charge is 0.497 e. The Labute approximate surface area is 253 Å². The number of ether oxygens (including phenoxy) is 3. The van der Waals surface area contributed by atoms with Crippen molar-refractivity contribution in [1.29, 1.82) is 0 Å². The maximum absolute atomic E-state index is 14.0. The van der Waals surface area contributed by atoms with Crippen LogP contribution in [0, 0.1) is 11.8 Å². The molecule has 1 saturated heterocycles. The summed E-state index contributed by atoms with van der Waals surface area (Å²) >= 11 is 0. The summed E-state index contributed by atoms with van der Waals surface area (Å²) in [5.41, 5.74) is 5.11. The number of hydrogen-bond acceptors (Lipinski definition) is 7. The number of carbonyl (C=O) groups is 4. The van der Waals surface area contributed by atoms with Crippen molar-refractivity contribution in [2.75, 3.05) is 31.0 Å². The highest BCUT2D eigenvalue weighted by atomic mass is 16.5. The van der Waals surface area contributed by atoms with Gasteiger partial charge in [-0.2, -0.15) is 0 Å². The number of amides is 3. The molecule has 4 aromatic carbocycles. The molecule has 2 atom stereocenters. The van der Waals surface area contributed by atoms with Crippen LogP contribution in [0.1, 0.15) is 44.4 Å². The monoisotopic (exact) mass is 588 g/mol. The molecule has 9 heteroatoms. The van der Waals surface area contributed by atoms with Crippen molar-refractivity contribution < 1.29 is 33.4 Å². The maximum atomic E-state index is 14.0. The first-order chi connectivity index (χ1) is 21.4. The highest BCUT2D eigenvalue weighted by Crippen LogP contribution is 2.61. The predicted octanol–water partition coefficient (Wildman–Crippen LogP) is 4.90. The molecule has 9 nitrogen and oxygen atoms in total. The van der Waals surface area contributed by atoms with Gasteiger partial charge in [0.2, 0.25) is 11.8 Å². The average Bonchev–Trinajstić information content (AvgIpc) is 3.33. The van der Waals surface area contributed by atoms with Crippen molar-refractivity contribution in [3.05, 3.63) is 119 Å². The Morgan fingerprint density at radius 3 is 1.86 bits per heavy atom. The van der Waals surface area contributed by atoms with Crippen LogP contribution in [0.2, 0.25) is 0 Å². The van der Waals surface area contributed by atoms with Crippen LogP contribution >= 0.6 is 0 Å². The number of nitrogens with zero attached hydrogens (tertiary/aromatic N) is 1. The van der Waals surface area contributed by atoms with Crippen LogP contribution in [0.4, 0.5) is 11.4 Å². The van der Waals surface area contributed by atoms with Gasteiger partial charge in [-0.1, -0.05) is 54.6 Å². The Balaban J connectivity index is 1.11. The Hall–Kier alpha value is -5.44. The highest BCUT2D eigenvalue weighted by Gasteiger charge is 2.61. The van der Waals surface area contributed by atoms with E-state index in [0.29, 0.717) is 22.9 Å². The fourth-order valence-corrected chi connectivity index (χ4v) is 7.02. The molecule has 4 aliphatic rings. The molecule has 0 radical (unpaired) electrons. The molecule has 0 spiro atoms. The zero-order valence-corrected chi connectivity index (χ0v) is 24.0. The fraction of sp³-hybridized carbons (Fsp3) is 0.200. The summed E-state index contributed by atoms with van der Waals surface area (Å²) in [5.74, 6) is -2.51. The first-order valence-corrected chi connectivity index (χ1v) is 14.3. The van der Waals surface area contributed by atoms with E-state index in [9.17, 15) is 19.2 Å². The van der Waals surface area contributed by atoms with E-state index in [-0.39, 0.29) is 29.2 Å². The van der Waals surface area contributed by atoms with Gasteiger partial charge in [-0.05, 0) is 52.6 Å². The van der Waals surface area contributed by atoms with E-state index in [1.54, 1.807) is 30.3 Å². The summed E-state index contributed by atoms with van der Waals surface area (Å²) in [4.78, 5) is 54.9. The second-order valence-electron chi connectivity index (χ2n) is 11.0. The lowest BCUT2D eigenvalue weighted by Crippen LogP contribution is -2.41. The summed E-state index contributed by atoms with van der Waals surface area (Å²) in [6, 6.07) is 27.2. The summed E-state index contributed by atoms with van der Waals surface area (Å²) < 4.78 is 15.7.